The van der Waals surface area contributed by atoms with E-state index in [1.807, 2.05) is 25.1 Å². The van der Waals surface area contributed by atoms with E-state index in [1.165, 1.54) is 12.1 Å². The van der Waals surface area contributed by atoms with E-state index in [0.717, 1.165) is 22.4 Å². The quantitative estimate of drug-likeness (QED) is 0.520. The number of benzene rings is 2. The molecule has 1 aromatic heterocycles. The lowest BCUT2D eigenvalue weighted by molar-refractivity contribution is -0.123. The molecule has 1 heterocycles. The van der Waals surface area contributed by atoms with Gasteiger partial charge < -0.3 is 14.8 Å². The lowest BCUT2D eigenvalue weighted by Gasteiger charge is -2.15. The van der Waals surface area contributed by atoms with Crippen LogP contribution in [0.2, 0.25) is 0 Å². The summed E-state index contributed by atoms with van der Waals surface area (Å²) in [5, 5.41) is 10.8. The molecule has 31 heavy (non-hydrogen) atoms. The third kappa shape index (κ3) is 6.50. The topological polar surface area (TPSA) is 73.3 Å². The van der Waals surface area contributed by atoms with Crippen molar-refractivity contribution in [3.05, 3.63) is 71.5 Å². The van der Waals surface area contributed by atoms with Crippen LogP contribution in [0.1, 0.15) is 30.9 Å². The van der Waals surface area contributed by atoms with Crippen LogP contribution >= 0.6 is 0 Å². The summed E-state index contributed by atoms with van der Waals surface area (Å²) in [6.45, 7) is 6.67. The second-order valence-electron chi connectivity index (χ2n) is 7.45. The first-order valence-electron chi connectivity index (χ1n) is 10.1. The summed E-state index contributed by atoms with van der Waals surface area (Å²) in [6.07, 6.45) is 0. The summed E-state index contributed by atoms with van der Waals surface area (Å²) in [5.74, 6) is 0.860. The number of rotatable bonds is 9. The monoisotopic (exact) mass is 423 g/mol. The molecule has 0 atom stereocenters. The van der Waals surface area contributed by atoms with Crippen molar-refractivity contribution in [1.29, 1.82) is 0 Å². The summed E-state index contributed by atoms with van der Waals surface area (Å²) in [4.78, 5) is 12.1. The number of ether oxygens (including phenoxy) is 2. The van der Waals surface area contributed by atoms with Gasteiger partial charge in [-0.05, 0) is 60.4 Å². The first kappa shape index (κ1) is 22.2. The molecule has 6 nitrogen and oxygen atoms in total. The van der Waals surface area contributed by atoms with Crippen LogP contribution in [0, 0.1) is 12.7 Å². The highest BCUT2D eigenvalue weighted by Gasteiger charge is 2.10. The summed E-state index contributed by atoms with van der Waals surface area (Å²) in [6, 6.07) is 15.5. The highest BCUT2D eigenvalue weighted by atomic mass is 19.1. The zero-order valence-electron chi connectivity index (χ0n) is 17.9. The molecule has 0 bridgehead atoms. The normalized spacial score (nSPS) is 10.7. The number of aryl methyl sites for hydroxylation is 1. The van der Waals surface area contributed by atoms with Crippen LogP contribution in [0.15, 0.2) is 54.6 Å². The van der Waals surface area contributed by atoms with Crippen molar-refractivity contribution in [2.75, 3.05) is 19.8 Å². The second kappa shape index (κ2) is 10.5. The molecule has 0 saturated heterocycles. The fraction of sp³-hybridized carbons (Fsp3) is 0.292. The summed E-state index contributed by atoms with van der Waals surface area (Å²) >= 11 is 0. The Bertz CT molecular complexity index is 1010. The minimum absolute atomic E-state index is 0.0602. The Morgan fingerprint density at radius 2 is 1.81 bits per heavy atom. The van der Waals surface area contributed by atoms with Gasteiger partial charge in [0.25, 0.3) is 5.91 Å². The van der Waals surface area contributed by atoms with E-state index >= 15 is 0 Å². The maximum absolute atomic E-state index is 13.0. The predicted octanol–water partition coefficient (Wildman–Crippen LogP) is 4.29. The number of halogens is 1. The fourth-order valence-corrected chi connectivity index (χ4v) is 2.96. The van der Waals surface area contributed by atoms with Crippen LogP contribution in [0.25, 0.3) is 11.3 Å². The van der Waals surface area contributed by atoms with Crippen molar-refractivity contribution in [1.82, 2.24) is 15.5 Å². The molecule has 0 radical (unpaired) electrons. The molecule has 0 saturated carbocycles. The van der Waals surface area contributed by atoms with E-state index < -0.39 is 0 Å². The second-order valence-corrected chi connectivity index (χ2v) is 7.45. The molecule has 0 fully saturated rings. The van der Waals surface area contributed by atoms with Crippen molar-refractivity contribution in [2.24, 2.45) is 0 Å². The zero-order valence-corrected chi connectivity index (χ0v) is 17.9. The van der Waals surface area contributed by atoms with Crippen LogP contribution in [-0.2, 0) is 4.79 Å². The smallest absolute Gasteiger partial charge is 0.258 e. The Balaban J connectivity index is 1.41. The third-order valence-corrected chi connectivity index (χ3v) is 4.60. The van der Waals surface area contributed by atoms with Gasteiger partial charge in [0.15, 0.2) is 6.61 Å². The SMILES string of the molecule is Cc1ccc(C(C)C)c(OCC(=O)NCCOc2ccc(-c3ccc(F)cc3)nn2)c1. The standard InChI is InChI=1S/C24H26FN3O3/c1-16(2)20-9-4-17(3)14-22(20)31-15-23(29)26-12-13-30-24-11-10-21(27-28-24)18-5-7-19(25)8-6-18/h4-11,14,16H,12-13,15H2,1-3H3,(H,26,29). The Hall–Kier alpha value is -3.48. The first-order valence-corrected chi connectivity index (χ1v) is 10.1. The van der Waals surface area contributed by atoms with Gasteiger partial charge in [0.1, 0.15) is 18.2 Å². The van der Waals surface area contributed by atoms with Crippen molar-refractivity contribution < 1.29 is 18.7 Å². The Labute approximate surface area is 181 Å². The zero-order chi connectivity index (χ0) is 22.2. The number of nitrogens with zero attached hydrogens (tertiary/aromatic N) is 2. The molecule has 2 aromatic carbocycles. The number of aromatic nitrogens is 2. The molecule has 7 heteroatoms. The number of amides is 1. The van der Waals surface area contributed by atoms with Crippen LogP contribution in [0.3, 0.4) is 0 Å². The van der Waals surface area contributed by atoms with Gasteiger partial charge in [0.2, 0.25) is 5.88 Å². The number of carbonyl (C=O) groups excluding carboxylic acids is 1. The van der Waals surface area contributed by atoms with Crippen molar-refractivity contribution >= 4 is 5.91 Å². The van der Waals surface area contributed by atoms with E-state index in [1.54, 1.807) is 24.3 Å². The minimum Gasteiger partial charge on any atom is -0.483 e. The highest BCUT2D eigenvalue weighted by Crippen LogP contribution is 2.27. The average Bonchev–Trinajstić information content (AvgIpc) is 2.76. The summed E-state index contributed by atoms with van der Waals surface area (Å²) < 4.78 is 24.2. The largest absolute Gasteiger partial charge is 0.483 e. The number of hydrogen-bond donors (Lipinski definition) is 1. The van der Waals surface area contributed by atoms with Crippen molar-refractivity contribution in [2.45, 2.75) is 26.7 Å². The molecule has 162 valence electrons. The molecule has 1 amide bonds. The lowest BCUT2D eigenvalue weighted by Crippen LogP contribution is -2.32. The minimum atomic E-state index is -0.302. The molecule has 0 aliphatic rings. The van der Waals surface area contributed by atoms with E-state index in [0.29, 0.717) is 24.0 Å². The Morgan fingerprint density at radius 3 is 2.48 bits per heavy atom. The first-order chi connectivity index (χ1) is 14.9. The van der Waals surface area contributed by atoms with E-state index in [9.17, 15) is 9.18 Å². The van der Waals surface area contributed by atoms with Crippen LogP contribution in [0.5, 0.6) is 11.6 Å². The molecular weight excluding hydrogens is 397 g/mol. The molecule has 0 unspecified atom stereocenters. The molecular formula is C24H26FN3O3. The van der Waals surface area contributed by atoms with Gasteiger partial charge >= 0.3 is 0 Å². The Morgan fingerprint density at radius 1 is 1.03 bits per heavy atom. The van der Waals surface area contributed by atoms with E-state index in [-0.39, 0.29) is 24.9 Å². The molecule has 1 N–H and O–H groups in total. The van der Waals surface area contributed by atoms with Gasteiger partial charge in [-0.2, -0.15) is 0 Å². The summed E-state index contributed by atoms with van der Waals surface area (Å²) in [7, 11) is 0. The van der Waals surface area contributed by atoms with Crippen molar-refractivity contribution in [3.63, 3.8) is 0 Å². The molecule has 3 rings (SSSR count). The average molecular weight is 423 g/mol. The molecule has 0 aliphatic carbocycles. The number of hydrogen-bond acceptors (Lipinski definition) is 5. The molecule has 0 spiro atoms. The maximum Gasteiger partial charge on any atom is 0.258 e. The van der Waals surface area contributed by atoms with E-state index in [4.69, 9.17) is 9.47 Å². The van der Waals surface area contributed by atoms with Gasteiger partial charge in [-0.15, -0.1) is 10.2 Å². The van der Waals surface area contributed by atoms with Crippen molar-refractivity contribution in [3.8, 4) is 22.9 Å². The summed E-state index contributed by atoms with van der Waals surface area (Å²) in [5.41, 5.74) is 3.54. The van der Waals surface area contributed by atoms with Gasteiger partial charge in [0.05, 0.1) is 12.2 Å². The third-order valence-electron chi connectivity index (χ3n) is 4.60. The van der Waals surface area contributed by atoms with Crippen LogP contribution < -0.4 is 14.8 Å². The van der Waals surface area contributed by atoms with Gasteiger partial charge in [0, 0.05) is 11.6 Å². The maximum atomic E-state index is 13.0. The Kier molecular flexibility index (Phi) is 7.54. The molecule has 0 aliphatic heterocycles. The number of carbonyl (C=O) groups is 1. The van der Waals surface area contributed by atoms with Gasteiger partial charge in [-0.1, -0.05) is 26.0 Å². The molecule has 3 aromatic rings. The fourth-order valence-electron chi connectivity index (χ4n) is 2.96. The van der Waals surface area contributed by atoms with Gasteiger partial charge in [-0.3, -0.25) is 4.79 Å². The number of nitrogens with one attached hydrogen (secondary N) is 1. The van der Waals surface area contributed by atoms with Gasteiger partial charge in [-0.25, -0.2) is 4.39 Å². The van der Waals surface area contributed by atoms with Crippen LogP contribution in [-0.4, -0.2) is 35.9 Å². The highest BCUT2D eigenvalue weighted by molar-refractivity contribution is 5.77. The predicted molar refractivity (Wildman–Crippen MR) is 117 cm³/mol. The van der Waals surface area contributed by atoms with E-state index in [2.05, 4.69) is 29.4 Å². The van der Waals surface area contributed by atoms with Crippen LogP contribution in [0.4, 0.5) is 4.39 Å². The lowest BCUT2D eigenvalue weighted by atomic mass is 10.0.